The molecule has 0 saturated carbocycles. The van der Waals surface area contributed by atoms with Crippen LogP contribution in [0.25, 0.3) is 6.08 Å². The topological polar surface area (TPSA) is 3.24 Å². The van der Waals surface area contributed by atoms with Crippen LogP contribution >= 0.6 is 11.8 Å². The molecule has 3 rings (SSSR count). The summed E-state index contributed by atoms with van der Waals surface area (Å²) in [5, 5.41) is 0. The number of hydrogen-bond donors (Lipinski definition) is 0. The van der Waals surface area contributed by atoms with Gasteiger partial charge < -0.3 is 4.90 Å². The minimum Gasteiger partial charge on any atom is -0.374 e. The van der Waals surface area contributed by atoms with Gasteiger partial charge in [0.15, 0.2) is 0 Å². The van der Waals surface area contributed by atoms with Gasteiger partial charge in [0, 0.05) is 29.4 Å². The van der Waals surface area contributed by atoms with E-state index in [2.05, 4.69) is 35.2 Å². The zero-order chi connectivity index (χ0) is 10.1. The zero-order valence-electron chi connectivity index (χ0n) is 8.78. The lowest BCUT2D eigenvalue weighted by molar-refractivity contribution is 0.433. The van der Waals surface area contributed by atoms with Gasteiger partial charge in [-0.05, 0) is 30.5 Å². The first-order valence-corrected chi connectivity index (χ1v) is 6.59. The Labute approximate surface area is 95.2 Å². The molecule has 0 aliphatic carbocycles. The molecule has 0 aromatic heterocycles. The lowest BCUT2D eigenvalue weighted by atomic mass is 10.2. The van der Waals surface area contributed by atoms with Gasteiger partial charge in [-0.1, -0.05) is 18.2 Å². The van der Waals surface area contributed by atoms with Gasteiger partial charge in [0.05, 0.1) is 0 Å². The number of hydrogen-bond acceptors (Lipinski definition) is 2. The van der Waals surface area contributed by atoms with E-state index in [0.29, 0.717) is 0 Å². The molecule has 0 amide bonds. The first-order chi connectivity index (χ1) is 7.43. The highest BCUT2D eigenvalue weighted by Gasteiger charge is 2.18. The van der Waals surface area contributed by atoms with Gasteiger partial charge in [0.2, 0.25) is 0 Å². The Morgan fingerprint density at radius 3 is 2.73 bits per heavy atom. The molecule has 2 aliphatic heterocycles. The summed E-state index contributed by atoms with van der Waals surface area (Å²) in [6, 6.07) is 8.69. The maximum atomic E-state index is 2.54. The number of nitrogens with zero attached hydrogens (tertiary/aromatic N) is 1. The van der Waals surface area contributed by atoms with E-state index in [9.17, 15) is 0 Å². The third-order valence-corrected chi connectivity index (χ3v) is 4.25. The summed E-state index contributed by atoms with van der Waals surface area (Å²) in [4.78, 5) is 3.98. The third-order valence-electron chi connectivity index (χ3n) is 3.13. The van der Waals surface area contributed by atoms with E-state index < -0.39 is 0 Å². The van der Waals surface area contributed by atoms with Crippen molar-refractivity contribution in [2.45, 2.75) is 17.7 Å². The fourth-order valence-corrected chi connectivity index (χ4v) is 3.33. The monoisotopic (exact) mass is 217 g/mol. The molecule has 0 atom stereocenters. The fourth-order valence-electron chi connectivity index (χ4n) is 2.29. The normalized spacial score (nSPS) is 20.0. The molecule has 2 heteroatoms. The molecule has 0 unspecified atom stereocenters. The van der Waals surface area contributed by atoms with Crippen LogP contribution in [0, 0.1) is 0 Å². The molecule has 0 radical (unpaired) electrons. The fraction of sp³-hybridized carbons (Fsp3) is 0.385. The Hall–Kier alpha value is -0.890. The minimum atomic E-state index is 1.15. The summed E-state index contributed by atoms with van der Waals surface area (Å²) in [6.07, 6.45) is 5.10. The largest absolute Gasteiger partial charge is 0.374 e. The SMILES string of the molecule is C1=C(N2CCCC2)CSc2ccccc21. The van der Waals surface area contributed by atoms with Gasteiger partial charge in [-0.25, -0.2) is 0 Å². The van der Waals surface area contributed by atoms with Crippen molar-refractivity contribution in [3.8, 4) is 0 Å². The van der Waals surface area contributed by atoms with Crippen LogP contribution < -0.4 is 0 Å². The Kier molecular flexibility index (Phi) is 2.45. The molecule has 2 aliphatic rings. The Morgan fingerprint density at radius 2 is 1.87 bits per heavy atom. The second kappa shape index (κ2) is 3.93. The number of thioether (sulfide) groups is 1. The smallest absolute Gasteiger partial charge is 0.0382 e. The van der Waals surface area contributed by atoms with Gasteiger partial charge in [0.25, 0.3) is 0 Å². The van der Waals surface area contributed by atoms with Crippen LogP contribution in [0.2, 0.25) is 0 Å². The van der Waals surface area contributed by atoms with Gasteiger partial charge in [-0.2, -0.15) is 0 Å². The predicted molar refractivity (Wildman–Crippen MR) is 66.0 cm³/mol. The standard InChI is InChI=1S/C13H15NS/c1-2-6-13-11(5-1)9-12(10-15-13)14-7-3-4-8-14/h1-2,5-6,9H,3-4,7-8,10H2. The van der Waals surface area contributed by atoms with Gasteiger partial charge in [-0.3, -0.25) is 0 Å². The predicted octanol–water partition coefficient (Wildman–Crippen LogP) is 3.23. The molecule has 1 aromatic carbocycles. The number of fused-ring (bicyclic) bond motifs is 1. The summed E-state index contributed by atoms with van der Waals surface area (Å²) in [5.41, 5.74) is 2.92. The zero-order valence-corrected chi connectivity index (χ0v) is 9.59. The molecule has 2 heterocycles. The van der Waals surface area contributed by atoms with E-state index >= 15 is 0 Å². The second-order valence-electron chi connectivity index (χ2n) is 4.16. The van der Waals surface area contributed by atoms with Crippen LogP contribution in [0.4, 0.5) is 0 Å². The highest BCUT2D eigenvalue weighted by atomic mass is 32.2. The molecule has 0 N–H and O–H groups in total. The summed E-state index contributed by atoms with van der Waals surface area (Å²) in [5.74, 6) is 1.15. The summed E-state index contributed by atoms with van der Waals surface area (Å²) in [6.45, 7) is 2.52. The van der Waals surface area contributed by atoms with E-state index in [1.807, 2.05) is 11.8 Å². The Balaban J connectivity index is 1.91. The van der Waals surface area contributed by atoms with Crippen molar-refractivity contribution in [1.82, 2.24) is 4.90 Å². The molecule has 1 fully saturated rings. The number of rotatable bonds is 1. The Bertz CT molecular complexity index is 391. The highest BCUT2D eigenvalue weighted by molar-refractivity contribution is 7.99. The van der Waals surface area contributed by atoms with Crippen LogP contribution in [0.15, 0.2) is 34.9 Å². The van der Waals surface area contributed by atoms with Crippen LogP contribution in [0.3, 0.4) is 0 Å². The molecule has 1 saturated heterocycles. The molecular weight excluding hydrogens is 202 g/mol. The van der Waals surface area contributed by atoms with E-state index in [4.69, 9.17) is 0 Å². The molecule has 15 heavy (non-hydrogen) atoms. The lowest BCUT2D eigenvalue weighted by Gasteiger charge is -2.25. The van der Waals surface area contributed by atoms with Crippen molar-refractivity contribution in [2.24, 2.45) is 0 Å². The summed E-state index contributed by atoms with van der Waals surface area (Å²) >= 11 is 1.97. The average molecular weight is 217 g/mol. The maximum absolute atomic E-state index is 2.54. The van der Waals surface area contributed by atoms with Crippen molar-refractivity contribution >= 4 is 17.8 Å². The van der Waals surface area contributed by atoms with Crippen molar-refractivity contribution in [3.05, 3.63) is 35.5 Å². The van der Waals surface area contributed by atoms with E-state index in [1.165, 1.54) is 42.1 Å². The van der Waals surface area contributed by atoms with Gasteiger partial charge in [0.1, 0.15) is 0 Å². The summed E-state index contributed by atoms with van der Waals surface area (Å²) in [7, 11) is 0. The first-order valence-electron chi connectivity index (χ1n) is 5.61. The van der Waals surface area contributed by atoms with Crippen molar-refractivity contribution in [1.29, 1.82) is 0 Å². The molecular formula is C13H15NS. The molecule has 0 bridgehead atoms. The van der Waals surface area contributed by atoms with Crippen LogP contribution in [-0.4, -0.2) is 23.7 Å². The number of benzene rings is 1. The third kappa shape index (κ3) is 1.78. The Morgan fingerprint density at radius 1 is 1.07 bits per heavy atom. The maximum Gasteiger partial charge on any atom is 0.0382 e. The molecule has 1 nitrogen and oxygen atoms in total. The first kappa shape index (κ1) is 9.34. The van der Waals surface area contributed by atoms with Gasteiger partial charge >= 0.3 is 0 Å². The minimum absolute atomic E-state index is 1.15. The van der Waals surface area contributed by atoms with Gasteiger partial charge in [-0.15, -0.1) is 11.8 Å². The van der Waals surface area contributed by atoms with E-state index in [1.54, 1.807) is 0 Å². The van der Waals surface area contributed by atoms with Crippen molar-refractivity contribution < 1.29 is 0 Å². The van der Waals surface area contributed by atoms with Crippen LogP contribution in [0.1, 0.15) is 18.4 Å². The van der Waals surface area contributed by atoms with Crippen LogP contribution in [-0.2, 0) is 0 Å². The quantitative estimate of drug-likeness (QED) is 0.710. The lowest BCUT2D eigenvalue weighted by Crippen LogP contribution is -2.21. The molecule has 0 spiro atoms. The molecule has 78 valence electrons. The number of likely N-dealkylation sites (tertiary alicyclic amines) is 1. The molecule has 1 aromatic rings. The van der Waals surface area contributed by atoms with Crippen LogP contribution in [0.5, 0.6) is 0 Å². The van der Waals surface area contributed by atoms with Crippen molar-refractivity contribution in [2.75, 3.05) is 18.8 Å². The second-order valence-corrected chi connectivity index (χ2v) is 5.17. The van der Waals surface area contributed by atoms with E-state index in [0.717, 1.165) is 5.75 Å². The highest BCUT2D eigenvalue weighted by Crippen LogP contribution is 2.33. The van der Waals surface area contributed by atoms with Crippen molar-refractivity contribution in [3.63, 3.8) is 0 Å². The summed E-state index contributed by atoms with van der Waals surface area (Å²) < 4.78 is 0. The average Bonchev–Trinajstić information content (AvgIpc) is 2.82. The van der Waals surface area contributed by atoms with E-state index in [-0.39, 0.29) is 0 Å².